The molecule has 2 aromatic rings. The fourth-order valence-corrected chi connectivity index (χ4v) is 1.86. The van der Waals surface area contributed by atoms with Crippen molar-refractivity contribution < 1.29 is 30.7 Å². The zero-order chi connectivity index (χ0) is 15.3. The highest BCUT2D eigenvalue weighted by atomic mass is 19.4. The SMILES string of the molecule is Nc1ccc2[nH]ncc2c1C(F)(C(F)(F)F)C(F)(F)F. The van der Waals surface area contributed by atoms with Crippen molar-refractivity contribution >= 4 is 16.6 Å². The van der Waals surface area contributed by atoms with Crippen LogP contribution in [0, 0.1) is 0 Å². The molecule has 1 heterocycles. The van der Waals surface area contributed by atoms with E-state index in [1.807, 2.05) is 0 Å². The van der Waals surface area contributed by atoms with Gasteiger partial charge in [-0.05, 0) is 12.1 Å². The number of aromatic nitrogens is 2. The van der Waals surface area contributed by atoms with Gasteiger partial charge in [-0.3, -0.25) is 5.10 Å². The fourth-order valence-electron chi connectivity index (χ4n) is 1.86. The number of anilines is 1. The van der Waals surface area contributed by atoms with Gasteiger partial charge in [0.25, 0.3) is 0 Å². The molecule has 3 nitrogen and oxygen atoms in total. The molecule has 0 aliphatic rings. The lowest BCUT2D eigenvalue weighted by Gasteiger charge is -2.31. The number of nitrogens with zero attached hydrogens (tertiary/aromatic N) is 1. The molecule has 3 N–H and O–H groups in total. The first kappa shape index (κ1) is 14.4. The van der Waals surface area contributed by atoms with Gasteiger partial charge < -0.3 is 5.73 Å². The number of aromatic amines is 1. The molecule has 0 saturated heterocycles. The van der Waals surface area contributed by atoms with Crippen molar-refractivity contribution in [2.75, 3.05) is 5.73 Å². The molecular weight excluding hydrogens is 295 g/mol. The van der Waals surface area contributed by atoms with Crippen LogP contribution >= 0.6 is 0 Å². The minimum atomic E-state index is -6.22. The molecule has 0 aliphatic heterocycles. The van der Waals surface area contributed by atoms with Crippen molar-refractivity contribution in [2.24, 2.45) is 0 Å². The van der Waals surface area contributed by atoms with Gasteiger partial charge in [0, 0.05) is 16.6 Å². The number of hydrogen-bond donors (Lipinski definition) is 2. The molecule has 0 fully saturated rings. The number of rotatable bonds is 1. The standard InChI is InChI=1S/C10H6F7N3/c11-8(9(12,13)14,10(15,16)17)7-4-3-19-20-6(4)2-1-5(7)18/h1-3H,18H2,(H,19,20). The smallest absolute Gasteiger partial charge is 0.398 e. The number of H-pyrrole nitrogens is 1. The van der Waals surface area contributed by atoms with Crippen molar-refractivity contribution in [3.8, 4) is 0 Å². The van der Waals surface area contributed by atoms with Crippen molar-refractivity contribution in [3.05, 3.63) is 23.9 Å². The first-order valence-electron chi connectivity index (χ1n) is 5.04. The quantitative estimate of drug-likeness (QED) is 0.626. The number of nitrogens with two attached hydrogens (primary N) is 1. The van der Waals surface area contributed by atoms with Gasteiger partial charge in [-0.25, -0.2) is 4.39 Å². The second kappa shape index (κ2) is 4.00. The molecule has 20 heavy (non-hydrogen) atoms. The monoisotopic (exact) mass is 301 g/mol. The van der Waals surface area contributed by atoms with Crippen molar-refractivity contribution in [1.29, 1.82) is 0 Å². The van der Waals surface area contributed by atoms with Crippen LogP contribution in [0.3, 0.4) is 0 Å². The summed E-state index contributed by atoms with van der Waals surface area (Å²) in [4.78, 5) is 0. The average molecular weight is 301 g/mol. The fraction of sp³-hybridized carbons (Fsp3) is 0.300. The van der Waals surface area contributed by atoms with Gasteiger partial charge in [-0.2, -0.15) is 31.4 Å². The second-order valence-corrected chi connectivity index (χ2v) is 4.02. The lowest BCUT2D eigenvalue weighted by Crippen LogP contribution is -2.50. The Bertz CT molecular complexity index is 626. The maximum atomic E-state index is 14.0. The summed E-state index contributed by atoms with van der Waals surface area (Å²) in [6, 6.07) is 1.86. The lowest BCUT2D eigenvalue weighted by atomic mass is 9.90. The predicted molar refractivity (Wildman–Crippen MR) is 55.4 cm³/mol. The third kappa shape index (κ3) is 1.78. The Hall–Kier alpha value is -2.00. The van der Waals surface area contributed by atoms with Gasteiger partial charge in [0.05, 0.1) is 11.7 Å². The van der Waals surface area contributed by atoms with Gasteiger partial charge in [0.15, 0.2) is 0 Å². The molecule has 0 radical (unpaired) electrons. The molecule has 0 aliphatic carbocycles. The van der Waals surface area contributed by atoms with E-state index < -0.39 is 34.7 Å². The largest absolute Gasteiger partial charge is 0.436 e. The zero-order valence-corrected chi connectivity index (χ0v) is 9.40. The number of hydrogen-bond acceptors (Lipinski definition) is 2. The molecule has 10 heteroatoms. The van der Waals surface area contributed by atoms with E-state index in [4.69, 9.17) is 5.73 Å². The Morgan fingerprint density at radius 3 is 2.00 bits per heavy atom. The van der Waals surface area contributed by atoms with E-state index in [9.17, 15) is 30.7 Å². The van der Waals surface area contributed by atoms with Crippen molar-refractivity contribution in [1.82, 2.24) is 10.2 Å². The highest BCUT2D eigenvalue weighted by Crippen LogP contribution is 2.55. The van der Waals surface area contributed by atoms with Crippen LogP contribution in [0.4, 0.5) is 36.4 Å². The van der Waals surface area contributed by atoms with Crippen LogP contribution in [0.1, 0.15) is 5.56 Å². The van der Waals surface area contributed by atoms with E-state index in [2.05, 4.69) is 10.2 Å². The number of fused-ring (bicyclic) bond motifs is 1. The molecule has 0 spiro atoms. The Morgan fingerprint density at radius 1 is 0.950 bits per heavy atom. The van der Waals surface area contributed by atoms with Crippen LogP contribution < -0.4 is 5.73 Å². The summed E-state index contributed by atoms with van der Waals surface area (Å²) in [5.74, 6) is 0. The number of nitrogens with one attached hydrogen (secondary N) is 1. The lowest BCUT2D eigenvalue weighted by molar-refractivity contribution is -0.348. The van der Waals surface area contributed by atoms with Gasteiger partial charge in [-0.15, -0.1) is 0 Å². The molecule has 0 saturated carbocycles. The number of benzene rings is 1. The molecule has 0 unspecified atom stereocenters. The van der Waals surface area contributed by atoms with Crippen LogP contribution in [0.2, 0.25) is 0 Å². The Balaban J connectivity index is 2.90. The van der Waals surface area contributed by atoms with Crippen molar-refractivity contribution in [2.45, 2.75) is 18.0 Å². The third-order valence-electron chi connectivity index (χ3n) is 2.78. The van der Waals surface area contributed by atoms with E-state index in [0.29, 0.717) is 6.20 Å². The second-order valence-electron chi connectivity index (χ2n) is 4.02. The van der Waals surface area contributed by atoms with Crippen LogP contribution in [-0.4, -0.2) is 22.5 Å². The zero-order valence-electron chi connectivity index (χ0n) is 9.40. The van der Waals surface area contributed by atoms with E-state index in [-0.39, 0.29) is 5.52 Å². The molecule has 0 bridgehead atoms. The van der Waals surface area contributed by atoms with Gasteiger partial charge in [0.2, 0.25) is 0 Å². The highest BCUT2D eigenvalue weighted by molar-refractivity contribution is 5.87. The number of alkyl halides is 7. The molecule has 110 valence electrons. The van der Waals surface area contributed by atoms with Gasteiger partial charge in [-0.1, -0.05) is 0 Å². The molecule has 1 aromatic carbocycles. The molecule has 2 rings (SSSR count). The van der Waals surface area contributed by atoms with E-state index >= 15 is 0 Å². The summed E-state index contributed by atoms with van der Waals surface area (Å²) in [6.07, 6.45) is -11.8. The number of halogens is 7. The minimum absolute atomic E-state index is 0.190. The van der Waals surface area contributed by atoms with Crippen LogP contribution in [0.25, 0.3) is 10.9 Å². The first-order chi connectivity index (χ1) is 9.00. The molecule has 0 atom stereocenters. The summed E-state index contributed by atoms with van der Waals surface area (Å²) >= 11 is 0. The van der Waals surface area contributed by atoms with Gasteiger partial charge in [0.1, 0.15) is 0 Å². The molecule has 1 aromatic heterocycles. The molecular formula is C10H6F7N3. The predicted octanol–water partition coefficient (Wildman–Crippen LogP) is 3.43. The van der Waals surface area contributed by atoms with E-state index in [1.165, 1.54) is 0 Å². The van der Waals surface area contributed by atoms with E-state index in [1.54, 1.807) is 0 Å². The average Bonchev–Trinajstić information content (AvgIpc) is 2.72. The normalized spacial score (nSPS) is 13.9. The van der Waals surface area contributed by atoms with E-state index in [0.717, 1.165) is 12.1 Å². The summed E-state index contributed by atoms with van der Waals surface area (Å²) < 4.78 is 90.3. The summed E-state index contributed by atoms with van der Waals surface area (Å²) in [5, 5.41) is 4.78. The maximum Gasteiger partial charge on any atom is 0.436 e. The Morgan fingerprint density at radius 2 is 1.50 bits per heavy atom. The summed E-state index contributed by atoms with van der Waals surface area (Å²) in [6.45, 7) is 0. The highest BCUT2D eigenvalue weighted by Gasteiger charge is 2.74. The van der Waals surface area contributed by atoms with Gasteiger partial charge >= 0.3 is 18.0 Å². The summed E-state index contributed by atoms with van der Waals surface area (Å²) in [5.41, 5.74) is -3.29. The Labute approximate surface area is 106 Å². The topological polar surface area (TPSA) is 54.7 Å². The Kier molecular flexibility index (Phi) is 2.88. The van der Waals surface area contributed by atoms with Crippen LogP contribution in [0.15, 0.2) is 18.3 Å². The third-order valence-corrected chi connectivity index (χ3v) is 2.78. The van der Waals surface area contributed by atoms with Crippen molar-refractivity contribution in [3.63, 3.8) is 0 Å². The minimum Gasteiger partial charge on any atom is -0.398 e. The maximum absolute atomic E-state index is 14.0. The van der Waals surface area contributed by atoms with Crippen LogP contribution in [0.5, 0.6) is 0 Å². The molecule has 0 amide bonds. The summed E-state index contributed by atoms with van der Waals surface area (Å²) in [7, 11) is 0. The number of nitrogen functional groups attached to an aromatic ring is 1. The first-order valence-corrected chi connectivity index (χ1v) is 5.04. The van der Waals surface area contributed by atoms with Crippen LogP contribution in [-0.2, 0) is 5.67 Å².